The normalized spacial score (nSPS) is 10.8. The van der Waals surface area contributed by atoms with Crippen molar-refractivity contribution in [3.8, 4) is 27.8 Å². The Bertz CT molecular complexity index is 1470. The molecule has 7 nitrogen and oxygen atoms in total. The SMILES string of the molecule is Cc1ccc(C(=O)Nc2cc(-c3cccs3)nn2-c2nc(-c3ccccc3)cc(=O)[nH]2)cc1. The number of anilines is 1. The molecule has 0 fully saturated rings. The maximum absolute atomic E-state index is 12.9. The second-order valence-electron chi connectivity index (χ2n) is 7.44. The molecule has 0 saturated carbocycles. The molecule has 0 bridgehead atoms. The van der Waals surface area contributed by atoms with Crippen LogP contribution in [0, 0.1) is 6.92 Å². The van der Waals surface area contributed by atoms with E-state index in [-0.39, 0.29) is 17.4 Å². The Balaban J connectivity index is 1.59. The van der Waals surface area contributed by atoms with Crippen molar-refractivity contribution in [3.63, 3.8) is 0 Å². The van der Waals surface area contributed by atoms with E-state index in [0.29, 0.717) is 22.8 Å². The van der Waals surface area contributed by atoms with E-state index in [1.807, 2.05) is 66.9 Å². The lowest BCUT2D eigenvalue weighted by Gasteiger charge is -2.09. The predicted octanol–water partition coefficient (Wildman–Crippen LogP) is 4.91. The third kappa shape index (κ3) is 4.37. The zero-order valence-electron chi connectivity index (χ0n) is 17.6. The van der Waals surface area contributed by atoms with Gasteiger partial charge in [0, 0.05) is 23.3 Å². The van der Waals surface area contributed by atoms with Gasteiger partial charge < -0.3 is 5.32 Å². The number of hydrogen-bond donors (Lipinski definition) is 2. The molecular formula is C25H19N5O2S. The van der Waals surface area contributed by atoms with Crippen LogP contribution in [0.3, 0.4) is 0 Å². The molecule has 0 saturated heterocycles. The highest BCUT2D eigenvalue weighted by Crippen LogP contribution is 2.28. The van der Waals surface area contributed by atoms with Gasteiger partial charge in [-0.1, -0.05) is 54.1 Å². The number of benzene rings is 2. The van der Waals surface area contributed by atoms with Gasteiger partial charge in [0.25, 0.3) is 11.5 Å². The van der Waals surface area contributed by atoms with Gasteiger partial charge in [0.2, 0.25) is 5.95 Å². The van der Waals surface area contributed by atoms with Crippen molar-refractivity contribution in [3.05, 3.63) is 106 Å². The summed E-state index contributed by atoms with van der Waals surface area (Å²) in [4.78, 5) is 33.7. The Hall–Kier alpha value is -4.30. The number of aromatic nitrogens is 4. The van der Waals surface area contributed by atoms with Crippen LogP contribution in [-0.2, 0) is 0 Å². The zero-order chi connectivity index (χ0) is 22.8. The maximum atomic E-state index is 12.9. The second kappa shape index (κ2) is 8.68. The summed E-state index contributed by atoms with van der Waals surface area (Å²) in [5, 5.41) is 9.50. The van der Waals surface area contributed by atoms with Crippen molar-refractivity contribution in [1.82, 2.24) is 19.7 Å². The van der Waals surface area contributed by atoms with Gasteiger partial charge in [-0.25, -0.2) is 4.98 Å². The molecule has 0 unspecified atom stereocenters. The molecule has 5 rings (SSSR count). The molecule has 0 aliphatic heterocycles. The molecule has 3 aromatic heterocycles. The van der Waals surface area contributed by atoms with Gasteiger partial charge in [-0.3, -0.25) is 14.6 Å². The standard InChI is InChI=1S/C25H19N5O2S/c1-16-9-11-18(12-10-16)24(32)27-22-14-20(21-8-5-13-33-21)29-30(22)25-26-19(15-23(31)28-25)17-6-3-2-4-7-17/h2-15H,1H3,(H,27,32)(H,26,28,31). The van der Waals surface area contributed by atoms with Crippen LogP contribution in [0.15, 0.2) is 89.0 Å². The van der Waals surface area contributed by atoms with E-state index >= 15 is 0 Å². The van der Waals surface area contributed by atoms with Gasteiger partial charge in [0.1, 0.15) is 11.5 Å². The number of thiophene rings is 1. The molecule has 2 N–H and O–H groups in total. The number of nitrogens with zero attached hydrogens (tertiary/aromatic N) is 3. The first kappa shape index (κ1) is 20.6. The summed E-state index contributed by atoms with van der Waals surface area (Å²) in [5.74, 6) is 0.330. The first-order chi connectivity index (χ1) is 16.1. The second-order valence-corrected chi connectivity index (χ2v) is 8.39. The molecule has 8 heteroatoms. The highest BCUT2D eigenvalue weighted by molar-refractivity contribution is 7.13. The number of amides is 1. The van der Waals surface area contributed by atoms with Crippen LogP contribution in [0.4, 0.5) is 5.82 Å². The topological polar surface area (TPSA) is 92.7 Å². The fraction of sp³-hybridized carbons (Fsp3) is 0.0400. The smallest absolute Gasteiger partial charge is 0.256 e. The first-order valence-electron chi connectivity index (χ1n) is 10.3. The lowest BCUT2D eigenvalue weighted by atomic mass is 10.1. The van der Waals surface area contributed by atoms with Gasteiger partial charge in [-0.2, -0.15) is 9.78 Å². The summed E-state index contributed by atoms with van der Waals surface area (Å²) in [6.45, 7) is 1.96. The number of carbonyl (C=O) groups excluding carboxylic acids is 1. The predicted molar refractivity (Wildman–Crippen MR) is 130 cm³/mol. The molecule has 0 aliphatic rings. The lowest BCUT2D eigenvalue weighted by Crippen LogP contribution is -2.18. The number of rotatable bonds is 5. The minimum absolute atomic E-state index is 0.211. The first-order valence-corrected chi connectivity index (χ1v) is 11.1. The Morgan fingerprint density at radius 3 is 2.48 bits per heavy atom. The van der Waals surface area contributed by atoms with Crippen molar-refractivity contribution >= 4 is 23.1 Å². The molecular weight excluding hydrogens is 434 g/mol. The number of aryl methyl sites for hydroxylation is 1. The molecule has 5 aromatic rings. The lowest BCUT2D eigenvalue weighted by molar-refractivity contribution is 0.102. The van der Waals surface area contributed by atoms with Crippen LogP contribution >= 0.6 is 11.3 Å². The van der Waals surface area contributed by atoms with Crippen molar-refractivity contribution in [1.29, 1.82) is 0 Å². The van der Waals surface area contributed by atoms with Crippen molar-refractivity contribution in [2.45, 2.75) is 6.92 Å². The molecule has 1 amide bonds. The summed E-state index contributed by atoms with van der Waals surface area (Å²) in [6.07, 6.45) is 0. The van der Waals surface area contributed by atoms with Gasteiger partial charge in [-0.15, -0.1) is 11.3 Å². The number of aromatic amines is 1. The third-order valence-corrected chi connectivity index (χ3v) is 5.93. The highest BCUT2D eigenvalue weighted by atomic mass is 32.1. The minimum atomic E-state index is -0.317. The van der Waals surface area contributed by atoms with Crippen molar-refractivity contribution in [2.24, 2.45) is 0 Å². The van der Waals surface area contributed by atoms with Crippen LogP contribution in [0.25, 0.3) is 27.8 Å². The number of carbonyl (C=O) groups is 1. The van der Waals surface area contributed by atoms with E-state index in [1.54, 1.807) is 18.2 Å². The zero-order valence-corrected chi connectivity index (χ0v) is 18.5. The summed E-state index contributed by atoms with van der Waals surface area (Å²) in [7, 11) is 0. The number of hydrogen-bond acceptors (Lipinski definition) is 5. The van der Waals surface area contributed by atoms with E-state index in [0.717, 1.165) is 16.0 Å². The molecule has 2 aromatic carbocycles. The van der Waals surface area contributed by atoms with Crippen LogP contribution in [0.1, 0.15) is 15.9 Å². The molecule has 0 aliphatic carbocycles. The third-order valence-electron chi connectivity index (χ3n) is 5.04. The average molecular weight is 454 g/mol. The van der Waals surface area contributed by atoms with Crippen molar-refractivity contribution in [2.75, 3.05) is 5.32 Å². The van der Waals surface area contributed by atoms with Gasteiger partial charge >= 0.3 is 0 Å². The summed E-state index contributed by atoms with van der Waals surface area (Å²) >= 11 is 1.53. The van der Waals surface area contributed by atoms with E-state index in [4.69, 9.17) is 0 Å². The Morgan fingerprint density at radius 2 is 1.76 bits per heavy atom. The number of H-pyrrole nitrogens is 1. The molecule has 0 radical (unpaired) electrons. The van der Waals surface area contributed by atoms with E-state index < -0.39 is 0 Å². The van der Waals surface area contributed by atoms with Gasteiger partial charge in [0.05, 0.1) is 10.6 Å². The number of nitrogens with one attached hydrogen (secondary N) is 2. The molecule has 33 heavy (non-hydrogen) atoms. The highest BCUT2D eigenvalue weighted by Gasteiger charge is 2.17. The van der Waals surface area contributed by atoms with Crippen LogP contribution in [0.2, 0.25) is 0 Å². The summed E-state index contributed by atoms with van der Waals surface area (Å²) < 4.78 is 1.45. The van der Waals surface area contributed by atoms with Crippen LogP contribution in [-0.4, -0.2) is 25.7 Å². The van der Waals surface area contributed by atoms with E-state index in [1.165, 1.54) is 22.1 Å². The van der Waals surface area contributed by atoms with E-state index in [2.05, 4.69) is 20.4 Å². The largest absolute Gasteiger partial charge is 0.306 e. The summed E-state index contributed by atoms with van der Waals surface area (Å²) in [6, 6.07) is 23.8. The fourth-order valence-electron chi connectivity index (χ4n) is 3.37. The molecule has 0 spiro atoms. The van der Waals surface area contributed by atoms with E-state index in [9.17, 15) is 9.59 Å². The van der Waals surface area contributed by atoms with Crippen molar-refractivity contribution < 1.29 is 4.79 Å². The van der Waals surface area contributed by atoms with Crippen LogP contribution < -0.4 is 10.9 Å². The minimum Gasteiger partial charge on any atom is -0.306 e. The quantitative estimate of drug-likeness (QED) is 0.395. The Kier molecular flexibility index (Phi) is 5.42. The monoisotopic (exact) mass is 453 g/mol. The maximum Gasteiger partial charge on any atom is 0.256 e. The molecule has 162 valence electrons. The molecule has 0 atom stereocenters. The Labute approximate surface area is 193 Å². The Morgan fingerprint density at radius 1 is 0.970 bits per heavy atom. The fourth-order valence-corrected chi connectivity index (χ4v) is 4.05. The van der Waals surface area contributed by atoms with Gasteiger partial charge in [-0.05, 0) is 30.5 Å². The van der Waals surface area contributed by atoms with Crippen LogP contribution in [0.5, 0.6) is 0 Å². The molecule has 3 heterocycles. The summed E-state index contributed by atoms with van der Waals surface area (Å²) in [5.41, 5.74) is 3.25. The average Bonchev–Trinajstić information content (AvgIpc) is 3.50. The van der Waals surface area contributed by atoms with Gasteiger partial charge in [0.15, 0.2) is 0 Å².